The largest absolute Gasteiger partial charge is 0.477 e. The average molecular weight is 434 g/mol. The third-order valence-corrected chi connectivity index (χ3v) is 6.80. The first-order valence-corrected chi connectivity index (χ1v) is 11.8. The minimum Gasteiger partial charge on any atom is -0.477 e. The lowest BCUT2D eigenvalue weighted by molar-refractivity contribution is 0.331. The molecule has 0 atom stereocenters. The lowest BCUT2D eigenvalue weighted by atomic mass is 10.0. The normalized spacial score (nSPS) is 14.5. The van der Waals surface area contributed by atoms with Crippen molar-refractivity contribution in [2.24, 2.45) is 0 Å². The van der Waals surface area contributed by atoms with Crippen LogP contribution in [-0.4, -0.2) is 47.7 Å². The summed E-state index contributed by atoms with van der Waals surface area (Å²) in [6.07, 6.45) is 0.917. The topological polar surface area (TPSA) is 63.2 Å². The van der Waals surface area contributed by atoms with E-state index in [0.717, 1.165) is 70.2 Å². The van der Waals surface area contributed by atoms with Crippen molar-refractivity contribution in [3.05, 3.63) is 41.5 Å². The van der Waals surface area contributed by atoms with Gasteiger partial charge in [-0.25, -0.2) is 9.97 Å². The molecule has 0 spiro atoms. The average Bonchev–Trinajstić information content (AvgIpc) is 3.18. The van der Waals surface area contributed by atoms with E-state index in [4.69, 9.17) is 19.7 Å². The number of ether oxygens (including phenoxy) is 1. The van der Waals surface area contributed by atoms with Gasteiger partial charge in [0.1, 0.15) is 15.0 Å². The zero-order chi connectivity index (χ0) is 21.4. The molecule has 1 aromatic carbocycles. The van der Waals surface area contributed by atoms with Crippen molar-refractivity contribution in [3.8, 4) is 17.1 Å². The Kier molecular flexibility index (Phi) is 5.46. The second-order valence-corrected chi connectivity index (χ2v) is 8.84. The van der Waals surface area contributed by atoms with Crippen LogP contribution in [0.15, 0.2) is 30.3 Å². The first kappa shape index (κ1) is 20.2. The van der Waals surface area contributed by atoms with E-state index >= 15 is 0 Å². The molecule has 0 saturated carbocycles. The van der Waals surface area contributed by atoms with Crippen LogP contribution in [0.2, 0.25) is 0 Å². The molecule has 0 unspecified atom stereocenters. The summed E-state index contributed by atoms with van der Waals surface area (Å²) in [6.45, 7) is 10.5. The van der Waals surface area contributed by atoms with E-state index in [1.807, 2.05) is 6.92 Å². The Morgan fingerprint density at radius 2 is 1.84 bits per heavy atom. The van der Waals surface area contributed by atoms with Crippen LogP contribution in [0.1, 0.15) is 25.0 Å². The third-order valence-electron chi connectivity index (χ3n) is 5.74. The minimum atomic E-state index is 0.573. The molecule has 1 fully saturated rings. The first-order chi connectivity index (χ1) is 15.2. The molecule has 7 heteroatoms. The lowest BCUT2D eigenvalue weighted by Gasteiger charge is -2.27. The van der Waals surface area contributed by atoms with Crippen molar-refractivity contribution in [1.29, 1.82) is 0 Å². The minimum absolute atomic E-state index is 0.573. The molecule has 31 heavy (non-hydrogen) atoms. The molecule has 1 aliphatic heterocycles. The molecule has 0 amide bonds. The molecule has 0 aliphatic carbocycles. The highest BCUT2D eigenvalue weighted by Gasteiger charge is 2.22. The van der Waals surface area contributed by atoms with Crippen LogP contribution in [0.3, 0.4) is 0 Å². The van der Waals surface area contributed by atoms with E-state index in [1.165, 1.54) is 11.1 Å². The van der Waals surface area contributed by atoms with E-state index < -0.39 is 0 Å². The van der Waals surface area contributed by atoms with Gasteiger partial charge in [0.2, 0.25) is 11.8 Å². The van der Waals surface area contributed by atoms with Crippen molar-refractivity contribution in [2.75, 3.05) is 37.7 Å². The number of thiophene rings is 1. The highest BCUT2D eigenvalue weighted by Crippen LogP contribution is 2.40. The zero-order valence-electron chi connectivity index (χ0n) is 18.2. The maximum atomic E-state index is 5.97. The maximum absolute atomic E-state index is 5.97. The predicted molar refractivity (Wildman–Crippen MR) is 129 cm³/mol. The Hall–Kier alpha value is -2.77. The van der Waals surface area contributed by atoms with E-state index in [1.54, 1.807) is 11.3 Å². The predicted octanol–water partition coefficient (Wildman–Crippen LogP) is 4.59. The van der Waals surface area contributed by atoms with Crippen LogP contribution < -0.4 is 15.0 Å². The van der Waals surface area contributed by atoms with Crippen molar-refractivity contribution < 1.29 is 4.74 Å². The Morgan fingerprint density at radius 1 is 1.06 bits per heavy atom. The van der Waals surface area contributed by atoms with Crippen molar-refractivity contribution in [1.82, 2.24) is 20.3 Å². The highest BCUT2D eigenvalue weighted by atomic mass is 32.1. The number of hydrogen-bond acceptors (Lipinski definition) is 7. The Morgan fingerprint density at radius 3 is 2.55 bits per heavy atom. The number of fused-ring (bicyclic) bond motifs is 3. The molecule has 1 saturated heterocycles. The fraction of sp³-hybridized carbons (Fsp3) is 0.375. The van der Waals surface area contributed by atoms with E-state index in [-0.39, 0.29) is 0 Å². The highest BCUT2D eigenvalue weighted by molar-refractivity contribution is 7.25. The van der Waals surface area contributed by atoms with Gasteiger partial charge < -0.3 is 15.0 Å². The third kappa shape index (κ3) is 3.72. The molecule has 0 bridgehead atoms. The summed E-state index contributed by atoms with van der Waals surface area (Å²) in [4.78, 5) is 18.1. The number of pyridine rings is 1. The van der Waals surface area contributed by atoms with Gasteiger partial charge in [-0.2, -0.15) is 4.98 Å². The SMILES string of the molecule is CCOc1nc(N2CCNCC2)nc2c1sc1nc(-c3ccc(C)cc3)cc(CC)c12. The summed E-state index contributed by atoms with van der Waals surface area (Å²) in [7, 11) is 0. The number of hydrogen-bond donors (Lipinski definition) is 1. The summed E-state index contributed by atoms with van der Waals surface area (Å²) < 4.78 is 6.96. The van der Waals surface area contributed by atoms with Crippen LogP contribution in [0, 0.1) is 6.92 Å². The number of nitrogens with one attached hydrogen (secondary N) is 1. The van der Waals surface area contributed by atoms with Gasteiger partial charge >= 0.3 is 0 Å². The fourth-order valence-electron chi connectivity index (χ4n) is 4.07. The second-order valence-electron chi connectivity index (χ2n) is 7.84. The molecule has 5 rings (SSSR count). The summed E-state index contributed by atoms with van der Waals surface area (Å²) in [6, 6.07) is 10.8. The molecular formula is C24H27N5OS. The number of rotatable bonds is 5. The number of aromatic nitrogens is 3. The number of anilines is 1. The molecule has 3 aromatic heterocycles. The zero-order valence-corrected chi connectivity index (χ0v) is 19.1. The first-order valence-electron chi connectivity index (χ1n) is 11.0. The van der Waals surface area contributed by atoms with Gasteiger partial charge in [0.05, 0.1) is 12.3 Å². The maximum Gasteiger partial charge on any atom is 0.236 e. The van der Waals surface area contributed by atoms with Crippen molar-refractivity contribution in [2.45, 2.75) is 27.2 Å². The quantitative estimate of drug-likeness (QED) is 0.497. The van der Waals surface area contributed by atoms with Gasteiger partial charge in [-0.15, -0.1) is 11.3 Å². The monoisotopic (exact) mass is 433 g/mol. The van der Waals surface area contributed by atoms with Crippen LogP contribution in [0.25, 0.3) is 31.7 Å². The van der Waals surface area contributed by atoms with Gasteiger partial charge in [-0.05, 0) is 31.9 Å². The number of benzene rings is 1. The fourth-order valence-corrected chi connectivity index (χ4v) is 5.17. The van der Waals surface area contributed by atoms with Gasteiger partial charge in [0.25, 0.3) is 0 Å². The lowest BCUT2D eigenvalue weighted by Crippen LogP contribution is -2.44. The molecule has 1 N–H and O–H groups in total. The van der Waals surface area contributed by atoms with Crippen LogP contribution >= 0.6 is 11.3 Å². The van der Waals surface area contributed by atoms with Crippen LogP contribution in [0.5, 0.6) is 5.88 Å². The number of piperazine rings is 1. The summed E-state index contributed by atoms with van der Waals surface area (Å²) in [5.74, 6) is 1.42. The Balaban J connectivity index is 1.73. The molecule has 1 aliphatic rings. The van der Waals surface area contributed by atoms with Gasteiger partial charge in [0, 0.05) is 37.1 Å². The molecule has 6 nitrogen and oxygen atoms in total. The van der Waals surface area contributed by atoms with Gasteiger partial charge in [0.15, 0.2) is 0 Å². The molecule has 4 heterocycles. The standard InChI is InChI=1S/C24H27N5OS/c1-4-16-14-18(17-8-6-15(3)7-9-17)26-23-19(16)20-21(31-23)22(30-5-2)28-24(27-20)29-12-10-25-11-13-29/h6-9,14,25H,4-5,10-13H2,1-3H3. The van der Waals surface area contributed by atoms with E-state index in [0.29, 0.717) is 12.5 Å². The summed E-state index contributed by atoms with van der Waals surface area (Å²) in [5.41, 5.74) is 5.62. The molecular weight excluding hydrogens is 406 g/mol. The smallest absolute Gasteiger partial charge is 0.236 e. The summed E-state index contributed by atoms with van der Waals surface area (Å²) >= 11 is 1.63. The van der Waals surface area contributed by atoms with Crippen LogP contribution in [0.4, 0.5) is 5.95 Å². The number of nitrogens with zero attached hydrogens (tertiary/aromatic N) is 4. The molecule has 160 valence electrons. The molecule has 4 aromatic rings. The van der Waals surface area contributed by atoms with Gasteiger partial charge in [-0.1, -0.05) is 36.8 Å². The van der Waals surface area contributed by atoms with Crippen molar-refractivity contribution in [3.63, 3.8) is 0 Å². The Bertz CT molecular complexity index is 1230. The second kappa shape index (κ2) is 8.40. The van der Waals surface area contributed by atoms with Gasteiger partial charge in [-0.3, -0.25) is 0 Å². The Labute approximate surface area is 186 Å². The number of aryl methyl sites for hydroxylation is 2. The van der Waals surface area contributed by atoms with E-state index in [9.17, 15) is 0 Å². The summed E-state index contributed by atoms with van der Waals surface area (Å²) in [5, 5.41) is 4.53. The molecule has 0 radical (unpaired) electrons. The van der Waals surface area contributed by atoms with E-state index in [2.05, 4.69) is 54.4 Å². The van der Waals surface area contributed by atoms with Crippen LogP contribution in [-0.2, 0) is 6.42 Å². The van der Waals surface area contributed by atoms with Crippen molar-refractivity contribution >= 4 is 37.7 Å².